The van der Waals surface area contributed by atoms with Crippen LogP contribution in [-0.2, 0) is 0 Å². The molecule has 0 radical (unpaired) electrons. The SMILES string of the molecule is C/I=C/c1nc(C)ns1. The van der Waals surface area contributed by atoms with Gasteiger partial charge in [-0.3, -0.25) is 0 Å². The van der Waals surface area contributed by atoms with Crippen LogP contribution in [0.3, 0.4) is 0 Å². The Kier molecular flexibility index (Phi) is 2.71. The van der Waals surface area contributed by atoms with Crippen molar-refractivity contribution in [3.8, 4) is 0 Å². The van der Waals surface area contributed by atoms with Gasteiger partial charge in [0.15, 0.2) is 0 Å². The Hall–Kier alpha value is 0.160. The van der Waals surface area contributed by atoms with E-state index in [2.05, 4.69) is 18.3 Å². The zero-order valence-electron chi connectivity index (χ0n) is 5.26. The summed E-state index contributed by atoms with van der Waals surface area (Å²) >= 11 is 1.71. The molecule has 0 saturated carbocycles. The second-order valence-electron chi connectivity index (χ2n) is 1.51. The minimum Gasteiger partial charge on any atom is -0.220 e. The maximum absolute atomic E-state index is 4.18. The molecule has 0 amide bonds. The van der Waals surface area contributed by atoms with Crippen LogP contribution in [0.2, 0.25) is 0 Å². The summed E-state index contributed by atoms with van der Waals surface area (Å²) in [7, 11) is 0. The smallest absolute Gasteiger partial charge is 0.142 e. The van der Waals surface area contributed by atoms with E-state index in [1.165, 1.54) is 11.5 Å². The lowest BCUT2D eigenvalue weighted by Gasteiger charge is -1.73. The van der Waals surface area contributed by atoms with Gasteiger partial charge in [0, 0.05) is 4.01 Å². The first-order chi connectivity index (χ1) is 4.33. The van der Waals surface area contributed by atoms with Crippen molar-refractivity contribution in [3.63, 3.8) is 0 Å². The van der Waals surface area contributed by atoms with Crippen LogP contribution in [-0.4, -0.2) is 18.3 Å². The van der Waals surface area contributed by atoms with Crippen LogP contribution in [0.5, 0.6) is 0 Å². The highest BCUT2D eigenvalue weighted by molar-refractivity contribution is 14.2. The van der Waals surface area contributed by atoms with Crippen molar-refractivity contribution in [2.75, 3.05) is 4.93 Å². The second-order valence-corrected chi connectivity index (χ2v) is 4.16. The molecule has 1 heterocycles. The Morgan fingerprint density at radius 2 is 2.44 bits per heavy atom. The summed E-state index contributed by atoms with van der Waals surface area (Å²) in [5.41, 5.74) is 0. The molecule has 0 aliphatic heterocycles. The summed E-state index contributed by atoms with van der Waals surface area (Å²) < 4.78 is 6.24. The monoisotopic (exact) mass is 254 g/mol. The van der Waals surface area contributed by atoms with Gasteiger partial charge in [0.1, 0.15) is 10.8 Å². The van der Waals surface area contributed by atoms with Gasteiger partial charge in [-0.1, -0.05) is 0 Å². The summed E-state index contributed by atoms with van der Waals surface area (Å²) in [4.78, 5) is 6.38. The number of halogens is 1. The van der Waals surface area contributed by atoms with Gasteiger partial charge >= 0.3 is 0 Å². The topological polar surface area (TPSA) is 25.8 Å². The molecule has 0 bridgehead atoms. The Morgan fingerprint density at radius 3 is 2.89 bits per heavy atom. The van der Waals surface area contributed by atoms with Crippen LogP contribution in [0, 0.1) is 6.92 Å². The molecule has 1 aromatic heterocycles. The van der Waals surface area contributed by atoms with Gasteiger partial charge in [0.05, 0.1) is 0 Å². The van der Waals surface area contributed by atoms with Crippen molar-refractivity contribution < 1.29 is 0 Å². The molecule has 0 fully saturated rings. The van der Waals surface area contributed by atoms with Gasteiger partial charge in [0.25, 0.3) is 0 Å². The number of rotatable bonds is 1. The summed E-state index contributed by atoms with van der Waals surface area (Å²) in [6.45, 7) is 1.92. The molecule has 4 heteroatoms. The predicted molar refractivity (Wildman–Crippen MR) is 49.8 cm³/mol. The van der Waals surface area contributed by atoms with Gasteiger partial charge in [0.2, 0.25) is 0 Å². The molecule has 0 spiro atoms. The molecule has 9 heavy (non-hydrogen) atoms. The van der Waals surface area contributed by atoms with E-state index in [-0.39, 0.29) is 20.7 Å². The molecule has 50 valence electrons. The minimum atomic E-state index is 0.225. The standard InChI is InChI=1S/C5H7IN2S/c1-4-7-5(3-6-2)9-8-4/h3H,1-2H3. The van der Waals surface area contributed by atoms with E-state index in [1.54, 1.807) is 0 Å². The number of alkyl halides is 1. The molecule has 1 rings (SSSR count). The fourth-order valence-corrected chi connectivity index (χ4v) is 2.54. The molecule has 0 saturated heterocycles. The predicted octanol–water partition coefficient (Wildman–Crippen LogP) is 1.60. The summed E-state index contributed by atoms with van der Waals surface area (Å²) in [5, 5.41) is 1.09. The Labute approximate surface area is 68.2 Å². The highest BCUT2D eigenvalue weighted by Crippen LogP contribution is 2.02. The van der Waals surface area contributed by atoms with E-state index in [9.17, 15) is 0 Å². The van der Waals surface area contributed by atoms with Crippen molar-refractivity contribution >= 4 is 36.3 Å². The van der Waals surface area contributed by atoms with Crippen LogP contribution in [0.1, 0.15) is 10.8 Å². The molecular formula is C5H7IN2S. The van der Waals surface area contributed by atoms with Gasteiger partial charge in [-0.25, -0.2) is 4.98 Å². The van der Waals surface area contributed by atoms with Crippen LogP contribution >= 0.6 is 32.3 Å². The van der Waals surface area contributed by atoms with Crippen molar-refractivity contribution in [1.29, 1.82) is 0 Å². The van der Waals surface area contributed by atoms with Crippen molar-refractivity contribution in [2.24, 2.45) is 0 Å². The lowest BCUT2D eigenvalue weighted by molar-refractivity contribution is 1.16. The van der Waals surface area contributed by atoms with Crippen molar-refractivity contribution in [1.82, 2.24) is 9.36 Å². The Balaban J connectivity index is 2.85. The number of aromatic nitrogens is 2. The van der Waals surface area contributed by atoms with Crippen LogP contribution in [0.25, 0.3) is 0 Å². The molecule has 0 aromatic carbocycles. The third-order valence-corrected chi connectivity index (χ3v) is 3.13. The maximum atomic E-state index is 4.18. The zero-order chi connectivity index (χ0) is 6.69. The molecular weight excluding hydrogens is 247 g/mol. The molecule has 0 aliphatic carbocycles. The van der Waals surface area contributed by atoms with E-state index in [1.807, 2.05) is 6.92 Å². The van der Waals surface area contributed by atoms with E-state index >= 15 is 0 Å². The average Bonchev–Trinajstić information content (AvgIpc) is 2.17. The first-order valence-electron chi connectivity index (χ1n) is 2.44. The number of hydrogen-bond donors (Lipinski definition) is 0. The lowest BCUT2D eigenvalue weighted by atomic mass is 10.7. The first kappa shape index (κ1) is 7.27. The fraction of sp³-hybridized carbons (Fsp3) is 0.400. The minimum absolute atomic E-state index is 0.225. The normalized spacial score (nSPS) is 11.8. The Bertz CT molecular complexity index is 218. The van der Waals surface area contributed by atoms with Crippen molar-refractivity contribution in [2.45, 2.75) is 6.92 Å². The largest absolute Gasteiger partial charge is 0.220 e. The summed E-state index contributed by atoms with van der Waals surface area (Å²) in [6, 6.07) is 0. The van der Waals surface area contributed by atoms with Crippen LogP contribution in [0.4, 0.5) is 0 Å². The van der Waals surface area contributed by atoms with Gasteiger partial charge < -0.3 is 0 Å². The average molecular weight is 254 g/mol. The van der Waals surface area contributed by atoms with Crippen molar-refractivity contribution in [3.05, 3.63) is 10.8 Å². The maximum Gasteiger partial charge on any atom is 0.142 e. The van der Waals surface area contributed by atoms with Gasteiger partial charge in [-0.05, 0) is 23.4 Å². The second kappa shape index (κ2) is 3.36. The quantitative estimate of drug-likeness (QED) is 0.562. The molecule has 1 aromatic rings. The van der Waals surface area contributed by atoms with E-state index in [0.29, 0.717) is 0 Å². The molecule has 0 aliphatic rings. The van der Waals surface area contributed by atoms with E-state index < -0.39 is 0 Å². The van der Waals surface area contributed by atoms with Crippen LogP contribution < -0.4 is 0 Å². The molecule has 0 N–H and O–H groups in total. The summed E-state index contributed by atoms with van der Waals surface area (Å²) in [5.74, 6) is 0.892. The first-order valence-corrected chi connectivity index (χ1v) is 6.62. The lowest BCUT2D eigenvalue weighted by Crippen LogP contribution is -1.75. The van der Waals surface area contributed by atoms with E-state index in [0.717, 1.165) is 10.8 Å². The zero-order valence-corrected chi connectivity index (χ0v) is 8.23. The number of nitrogens with zero attached hydrogens (tertiary/aromatic N) is 2. The van der Waals surface area contributed by atoms with E-state index in [4.69, 9.17) is 0 Å². The fourth-order valence-electron chi connectivity index (χ4n) is 0.451. The third-order valence-electron chi connectivity index (χ3n) is 0.746. The van der Waals surface area contributed by atoms with Gasteiger partial charge in [-0.2, -0.15) is 4.37 Å². The van der Waals surface area contributed by atoms with Gasteiger partial charge in [-0.15, -0.1) is 20.7 Å². The number of hydrogen-bond acceptors (Lipinski definition) is 3. The molecule has 0 atom stereocenters. The highest BCUT2D eigenvalue weighted by atomic mass is 127. The Morgan fingerprint density at radius 1 is 1.67 bits per heavy atom. The molecule has 0 unspecified atom stereocenters. The molecule has 2 nitrogen and oxygen atoms in total. The third kappa shape index (κ3) is 2.09. The highest BCUT2D eigenvalue weighted by Gasteiger charge is 1.92. The van der Waals surface area contributed by atoms with Crippen LogP contribution in [0.15, 0.2) is 0 Å². The summed E-state index contributed by atoms with van der Waals surface area (Å²) in [6.07, 6.45) is 0. The number of aryl methyl sites for hydroxylation is 1.